The van der Waals surface area contributed by atoms with Crippen LogP contribution in [0.15, 0.2) is 41.2 Å². The second-order valence-electron chi connectivity index (χ2n) is 8.46. The summed E-state index contributed by atoms with van der Waals surface area (Å²) in [4.78, 5) is 29.3. The van der Waals surface area contributed by atoms with E-state index in [-0.39, 0.29) is 35.5 Å². The minimum absolute atomic E-state index is 0.0104. The average Bonchev–Trinajstić information content (AvgIpc) is 2.82. The van der Waals surface area contributed by atoms with E-state index in [1.165, 1.54) is 16.7 Å². The van der Waals surface area contributed by atoms with Crippen molar-refractivity contribution in [2.24, 2.45) is 7.05 Å². The molecule has 0 radical (unpaired) electrons. The lowest BCUT2D eigenvalue weighted by Crippen LogP contribution is -2.59. The van der Waals surface area contributed by atoms with Crippen LogP contribution in [0.2, 0.25) is 0 Å². The number of hydrogen-bond donors (Lipinski definition) is 0. The van der Waals surface area contributed by atoms with Crippen LogP contribution in [0.3, 0.4) is 0 Å². The first-order valence-corrected chi connectivity index (χ1v) is 10.9. The summed E-state index contributed by atoms with van der Waals surface area (Å²) < 4.78 is 20.4. The highest BCUT2D eigenvalue weighted by Crippen LogP contribution is 2.32. The van der Waals surface area contributed by atoms with Crippen molar-refractivity contribution >= 4 is 22.7 Å². The van der Waals surface area contributed by atoms with Crippen molar-refractivity contribution in [2.45, 2.75) is 32.0 Å². The van der Waals surface area contributed by atoms with Gasteiger partial charge in [0.1, 0.15) is 5.82 Å². The summed E-state index contributed by atoms with van der Waals surface area (Å²) >= 11 is 0. The van der Waals surface area contributed by atoms with E-state index in [4.69, 9.17) is 11.3 Å². The molecule has 1 fully saturated rings. The van der Waals surface area contributed by atoms with E-state index >= 15 is 0 Å². The van der Waals surface area contributed by atoms with Crippen molar-refractivity contribution in [1.29, 1.82) is 0 Å². The van der Waals surface area contributed by atoms with Gasteiger partial charge in [0.15, 0.2) is 5.82 Å². The summed E-state index contributed by atoms with van der Waals surface area (Å²) in [7, 11) is 3.32. The summed E-state index contributed by atoms with van der Waals surface area (Å²) in [5.74, 6) is 0.489. The number of piperazine rings is 1. The second-order valence-corrected chi connectivity index (χ2v) is 8.46. The number of methoxy groups -OCH3 is 1. The smallest absolute Gasteiger partial charge is 0.350 e. The van der Waals surface area contributed by atoms with E-state index in [2.05, 4.69) is 38.5 Å². The second kappa shape index (κ2) is 9.25. The van der Waals surface area contributed by atoms with Crippen LogP contribution >= 0.6 is 0 Å². The summed E-state index contributed by atoms with van der Waals surface area (Å²) in [6.45, 7) is 13.3. The number of anilines is 1. The van der Waals surface area contributed by atoms with Crippen LogP contribution in [0.1, 0.15) is 25.5 Å². The first-order chi connectivity index (χ1) is 15.8. The number of nitrogens with zero attached hydrogens (tertiary/aromatic N) is 6. The van der Waals surface area contributed by atoms with Crippen molar-refractivity contribution in [3.05, 3.63) is 69.7 Å². The maximum atomic E-state index is 13.4. The molecule has 2 aromatic heterocycles. The Labute approximate surface area is 192 Å². The Hall–Kier alpha value is -3.35. The zero-order valence-electron chi connectivity index (χ0n) is 19.2. The van der Waals surface area contributed by atoms with Crippen LogP contribution in [0.4, 0.5) is 16.0 Å². The highest BCUT2D eigenvalue weighted by Gasteiger charge is 2.37. The van der Waals surface area contributed by atoms with Crippen LogP contribution < -0.4 is 10.6 Å². The molecular weight excluding hydrogens is 423 g/mol. The molecule has 1 unspecified atom stereocenters. The standard InChI is InChI=1S/C24H27FN6O2/c1-15-12-31(16(2)17-6-8-18(25)9-7-17)19(14-33-5)13-30(15)23-22-20(29(4)24(32)28-23)10-11-21(26-3)27-22/h6-11,15-16,19H,12-14H2,1-2,4-5H3/t15-,16?,19-/m0/s1. The number of fused-ring (bicyclic) bond motifs is 1. The molecule has 0 N–H and O–H groups in total. The highest BCUT2D eigenvalue weighted by molar-refractivity contribution is 5.87. The lowest BCUT2D eigenvalue weighted by atomic mass is 10.00. The van der Waals surface area contributed by atoms with Crippen molar-refractivity contribution < 1.29 is 9.13 Å². The lowest BCUT2D eigenvalue weighted by molar-refractivity contribution is 0.0461. The van der Waals surface area contributed by atoms with Gasteiger partial charge in [0.2, 0.25) is 5.52 Å². The third-order valence-electron chi connectivity index (χ3n) is 6.40. The van der Waals surface area contributed by atoms with Gasteiger partial charge >= 0.3 is 5.69 Å². The molecule has 4 rings (SSSR count). The number of aromatic nitrogens is 3. The van der Waals surface area contributed by atoms with Gasteiger partial charge in [-0.1, -0.05) is 18.7 Å². The molecule has 0 aliphatic carbocycles. The normalized spacial score (nSPS) is 20.1. The zero-order valence-corrected chi connectivity index (χ0v) is 19.2. The van der Waals surface area contributed by atoms with Gasteiger partial charge in [0.05, 0.1) is 18.2 Å². The maximum absolute atomic E-state index is 13.4. The molecule has 9 heteroatoms. The molecule has 0 saturated carbocycles. The molecule has 1 saturated heterocycles. The van der Waals surface area contributed by atoms with Gasteiger partial charge in [-0.2, -0.15) is 4.98 Å². The van der Waals surface area contributed by atoms with E-state index in [9.17, 15) is 9.18 Å². The predicted molar refractivity (Wildman–Crippen MR) is 125 cm³/mol. The number of benzene rings is 1. The zero-order chi connectivity index (χ0) is 23.7. The summed E-state index contributed by atoms with van der Waals surface area (Å²) in [6, 6.07) is 10.0. The molecule has 3 aromatic rings. The molecule has 1 aliphatic rings. The highest BCUT2D eigenvalue weighted by atomic mass is 19.1. The number of pyridine rings is 1. The Morgan fingerprint density at radius 3 is 2.61 bits per heavy atom. The molecule has 3 heterocycles. The van der Waals surface area contributed by atoms with Crippen molar-refractivity contribution in [2.75, 3.05) is 31.7 Å². The monoisotopic (exact) mass is 450 g/mol. The Balaban J connectivity index is 1.73. The summed E-state index contributed by atoms with van der Waals surface area (Å²) in [5.41, 5.74) is 1.83. The Kier molecular flexibility index (Phi) is 6.40. The molecule has 0 bridgehead atoms. The predicted octanol–water partition coefficient (Wildman–Crippen LogP) is 3.31. The van der Waals surface area contributed by atoms with Gasteiger partial charge in [-0.05, 0) is 43.7 Å². The van der Waals surface area contributed by atoms with Crippen LogP contribution in [0.25, 0.3) is 15.9 Å². The molecule has 172 valence electrons. The molecule has 3 atom stereocenters. The van der Waals surface area contributed by atoms with Gasteiger partial charge < -0.3 is 14.5 Å². The van der Waals surface area contributed by atoms with Gasteiger partial charge in [0, 0.05) is 39.3 Å². The number of halogens is 1. The van der Waals surface area contributed by atoms with Crippen LogP contribution in [-0.2, 0) is 11.8 Å². The van der Waals surface area contributed by atoms with E-state index in [0.717, 1.165) is 5.56 Å². The quantitative estimate of drug-likeness (QED) is 0.556. The van der Waals surface area contributed by atoms with Crippen LogP contribution in [-0.4, -0.2) is 58.3 Å². The molecular formula is C24H27FN6O2. The third kappa shape index (κ3) is 4.32. The fourth-order valence-corrected chi connectivity index (χ4v) is 4.57. The van der Waals surface area contributed by atoms with Gasteiger partial charge in [-0.3, -0.25) is 9.47 Å². The topological polar surface area (TPSA) is 67.8 Å². The Morgan fingerprint density at radius 1 is 1.21 bits per heavy atom. The van der Waals surface area contributed by atoms with Crippen LogP contribution in [0, 0.1) is 12.4 Å². The Bertz CT molecular complexity index is 1250. The molecule has 8 nitrogen and oxygen atoms in total. The number of hydrogen-bond acceptors (Lipinski definition) is 6. The van der Waals surface area contributed by atoms with E-state index in [1.54, 1.807) is 26.3 Å². The van der Waals surface area contributed by atoms with Gasteiger partial charge in [-0.25, -0.2) is 9.18 Å². The van der Waals surface area contributed by atoms with E-state index in [1.807, 2.05) is 12.1 Å². The first kappa shape index (κ1) is 22.8. The fourth-order valence-electron chi connectivity index (χ4n) is 4.57. The molecule has 1 aliphatic heterocycles. The van der Waals surface area contributed by atoms with Gasteiger partial charge in [-0.15, -0.1) is 4.98 Å². The summed E-state index contributed by atoms with van der Waals surface area (Å²) in [6.07, 6.45) is 0. The molecule has 1 aromatic carbocycles. The SMILES string of the molecule is [C-]#[N+]c1ccc2c(n1)c(N1C[C@@H](COC)N(C(C)c3ccc(F)cc3)C[C@@H]1C)nc(=O)n2C. The van der Waals surface area contributed by atoms with E-state index in [0.29, 0.717) is 36.5 Å². The molecule has 33 heavy (non-hydrogen) atoms. The Morgan fingerprint density at radius 2 is 1.94 bits per heavy atom. The summed E-state index contributed by atoms with van der Waals surface area (Å²) in [5, 5.41) is 0. The van der Waals surface area contributed by atoms with Crippen molar-refractivity contribution in [3.8, 4) is 0 Å². The number of ether oxygens (including phenoxy) is 1. The fraction of sp³-hybridized carbons (Fsp3) is 0.417. The number of rotatable bonds is 5. The maximum Gasteiger partial charge on any atom is 0.350 e. The lowest BCUT2D eigenvalue weighted by Gasteiger charge is -2.48. The number of aryl methyl sites for hydroxylation is 1. The van der Waals surface area contributed by atoms with Crippen molar-refractivity contribution in [1.82, 2.24) is 19.4 Å². The van der Waals surface area contributed by atoms with E-state index < -0.39 is 0 Å². The largest absolute Gasteiger partial charge is 0.383 e. The minimum Gasteiger partial charge on any atom is -0.383 e. The average molecular weight is 451 g/mol. The van der Waals surface area contributed by atoms with Crippen molar-refractivity contribution in [3.63, 3.8) is 0 Å². The minimum atomic E-state index is -0.368. The third-order valence-corrected chi connectivity index (χ3v) is 6.40. The molecule has 0 amide bonds. The van der Waals surface area contributed by atoms with Crippen LogP contribution in [0.5, 0.6) is 0 Å². The van der Waals surface area contributed by atoms with Gasteiger partial charge in [0.25, 0.3) is 5.82 Å². The molecule has 0 spiro atoms. The first-order valence-electron chi connectivity index (χ1n) is 10.9.